The molecule has 0 radical (unpaired) electrons. The Balaban J connectivity index is 2.28. The second kappa shape index (κ2) is 5.98. The highest BCUT2D eigenvalue weighted by Crippen LogP contribution is 2.28. The molecule has 104 valence electrons. The van der Waals surface area contributed by atoms with Crippen molar-refractivity contribution in [2.24, 2.45) is 0 Å². The van der Waals surface area contributed by atoms with E-state index >= 15 is 0 Å². The zero-order chi connectivity index (χ0) is 15.4. The highest BCUT2D eigenvalue weighted by atomic mass is 16.3. The summed E-state index contributed by atoms with van der Waals surface area (Å²) >= 11 is 0. The van der Waals surface area contributed by atoms with E-state index in [0.717, 1.165) is 16.8 Å². The largest absolute Gasteiger partial charge is 0.508 e. The van der Waals surface area contributed by atoms with Crippen LogP contribution in [0.4, 0.5) is 5.69 Å². The van der Waals surface area contributed by atoms with Gasteiger partial charge in [-0.05, 0) is 38.1 Å². The van der Waals surface area contributed by atoms with Gasteiger partial charge in [0.25, 0.3) is 0 Å². The van der Waals surface area contributed by atoms with Crippen molar-refractivity contribution < 1.29 is 5.11 Å². The van der Waals surface area contributed by atoms with Crippen LogP contribution in [0.15, 0.2) is 36.4 Å². The summed E-state index contributed by atoms with van der Waals surface area (Å²) in [5.41, 5.74) is 3.28. The van der Waals surface area contributed by atoms with Crippen LogP contribution in [0.3, 0.4) is 0 Å². The SMILES string of the molecule is Cc1ccc(O)c(C(C)Nc2ccc(C#N)c(C#N)c2)c1. The first-order chi connectivity index (χ1) is 10.0. The monoisotopic (exact) mass is 277 g/mol. The molecule has 21 heavy (non-hydrogen) atoms. The Morgan fingerprint density at radius 3 is 2.43 bits per heavy atom. The molecule has 0 heterocycles. The Labute approximate surface area is 123 Å². The number of hydrogen-bond donors (Lipinski definition) is 2. The van der Waals surface area contributed by atoms with Crippen molar-refractivity contribution in [3.63, 3.8) is 0 Å². The van der Waals surface area contributed by atoms with Crippen molar-refractivity contribution >= 4 is 5.69 Å². The van der Waals surface area contributed by atoms with Crippen molar-refractivity contribution in [3.05, 3.63) is 58.7 Å². The Morgan fingerprint density at radius 1 is 1.05 bits per heavy atom. The van der Waals surface area contributed by atoms with Gasteiger partial charge in [0.15, 0.2) is 0 Å². The van der Waals surface area contributed by atoms with E-state index in [-0.39, 0.29) is 11.8 Å². The molecular weight excluding hydrogens is 262 g/mol. The fourth-order valence-corrected chi connectivity index (χ4v) is 2.17. The van der Waals surface area contributed by atoms with E-state index in [1.807, 2.05) is 38.1 Å². The second-order valence-corrected chi connectivity index (χ2v) is 4.91. The summed E-state index contributed by atoms with van der Waals surface area (Å²) in [5, 5.41) is 31.1. The maximum absolute atomic E-state index is 9.93. The highest BCUT2D eigenvalue weighted by molar-refractivity contribution is 5.57. The molecule has 2 N–H and O–H groups in total. The van der Waals surface area contributed by atoms with E-state index in [2.05, 4.69) is 5.32 Å². The predicted molar refractivity (Wildman–Crippen MR) is 80.8 cm³/mol. The number of nitrogens with zero attached hydrogens (tertiary/aromatic N) is 2. The van der Waals surface area contributed by atoms with Crippen molar-refractivity contribution in [1.29, 1.82) is 10.5 Å². The molecule has 0 aromatic heterocycles. The highest BCUT2D eigenvalue weighted by Gasteiger charge is 2.11. The molecule has 2 aromatic rings. The minimum absolute atomic E-state index is 0.121. The first-order valence-corrected chi connectivity index (χ1v) is 6.55. The molecule has 0 fully saturated rings. The van der Waals surface area contributed by atoms with Gasteiger partial charge in [-0.1, -0.05) is 17.7 Å². The summed E-state index contributed by atoms with van der Waals surface area (Å²) in [6, 6.07) is 14.3. The van der Waals surface area contributed by atoms with Crippen molar-refractivity contribution in [3.8, 4) is 17.9 Å². The first-order valence-electron chi connectivity index (χ1n) is 6.55. The van der Waals surface area contributed by atoms with Gasteiger partial charge in [0, 0.05) is 11.3 Å². The van der Waals surface area contributed by atoms with Gasteiger partial charge >= 0.3 is 0 Å². The zero-order valence-electron chi connectivity index (χ0n) is 11.9. The number of phenols is 1. The molecule has 0 spiro atoms. The third-order valence-corrected chi connectivity index (χ3v) is 3.29. The summed E-state index contributed by atoms with van der Waals surface area (Å²) in [4.78, 5) is 0. The van der Waals surface area contributed by atoms with Crippen LogP contribution in [-0.2, 0) is 0 Å². The Kier molecular flexibility index (Phi) is 4.11. The van der Waals surface area contributed by atoms with E-state index in [0.29, 0.717) is 11.1 Å². The fraction of sp³-hybridized carbons (Fsp3) is 0.176. The van der Waals surface area contributed by atoms with Gasteiger partial charge in [-0.25, -0.2) is 0 Å². The predicted octanol–water partition coefficient (Wildman–Crippen LogP) is 3.62. The molecule has 0 aliphatic rings. The minimum atomic E-state index is -0.121. The Morgan fingerprint density at radius 2 is 1.76 bits per heavy atom. The summed E-state index contributed by atoms with van der Waals surface area (Å²) in [5.74, 6) is 0.231. The molecule has 0 amide bonds. The van der Waals surface area contributed by atoms with Crippen LogP contribution in [-0.4, -0.2) is 5.11 Å². The lowest BCUT2D eigenvalue weighted by Crippen LogP contribution is -2.07. The quantitative estimate of drug-likeness (QED) is 0.898. The lowest BCUT2D eigenvalue weighted by molar-refractivity contribution is 0.465. The standard InChI is InChI=1S/C17H15N3O/c1-11-3-6-17(21)16(7-11)12(2)20-15-5-4-13(9-18)14(8-15)10-19/h3-8,12,20-21H,1-2H3. The third kappa shape index (κ3) is 3.13. The number of phenolic OH excluding ortho intramolecular Hbond substituents is 1. The number of nitriles is 2. The van der Waals surface area contributed by atoms with Gasteiger partial charge in [0.05, 0.1) is 17.2 Å². The van der Waals surface area contributed by atoms with Crippen molar-refractivity contribution in [1.82, 2.24) is 0 Å². The molecule has 1 atom stereocenters. The number of anilines is 1. The normalized spacial score (nSPS) is 11.2. The van der Waals surface area contributed by atoms with Gasteiger partial charge in [-0.3, -0.25) is 0 Å². The molecule has 4 heteroatoms. The molecule has 0 saturated carbocycles. The van der Waals surface area contributed by atoms with Gasteiger partial charge in [0.2, 0.25) is 0 Å². The summed E-state index contributed by atoms with van der Waals surface area (Å²) in [7, 11) is 0. The molecule has 0 aliphatic carbocycles. The Hall–Kier alpha value is -2.98. The van der Waals surface area contributed by atoms with Crippen molar-refractivity contribution in [2.45, 2.75) is 19.9 Å². The van der Waals surface area contributed by atoms with Crippen LogP contribution in [0.1, 0.15) is 35.2 Å². The number of aryl methyl sites for hydroxylation is 1. The maximum atomic E-state index is 9.93. The number of aromatic hydroxyl groups is 1. The molecule has 0 aliphatic heterocycles. The van der Waals surface area contributed by atoms with E-state index in [1.165, 1.54) is 0 Å². The van der Waals surface area contributed by atoms with Crippen LogP contribution in [0.2, 0.25) is 0 Å². The molecular formula is C17H15N3O. The summed E-state index contributed by atoms with van der Waals surface area (Å²) in [6.45, 7) is 3.89. The maximum Gasteiger partial charge on any atom is 0.120 e. The number of nitrogens with one attached hydrogen (secondary N) is 1. The van der Waals surface area contributed by atoms with Crippen molar-refractivity contribution in [2.75, 3.05) is 5.32 Å². The zero-order valence-corrected chi connectivity index (χ0v) is 11.9. The Bertz CT molecular complexity index is 754. The first kappa shape index (κ1) is 14.4. The van der Waals surface area contributed by atoms with E-state index < -0.39 is 0 Å². The van der Waals surface area contributed by atoms with Crippen LogP contribution >= 0.6 is 0 Å². The molecule has 0 saturated heterocycles. The minimum Gasteiger partial charge on any atom is -0.508 e. The molecule has 2 rings (SSSR count). The average molecular weight is 277 g/mol. The van der Waals surface area contributed by atoms with E-state index in [1.54, 1.807) is 24.3 Å². The van der Waals surface area contributed by atoms with Gasteiger partial charge in [-0.2, -0.15) is 10.5 Å². The van der Waals surface area contributed by atoms with Crippen LogP contribution in [0.5, 0.6) is 5.75 Å². The van der Waals surface area contributed by atoms with Crippen LogP contribution < -0.4 is 5.32 Å². The van der Waals surface area contributed by atoms with Crippen LogP contribution in [0.25, 0.3) is 0 Å². The number of hydrogen-bond acceptors (Lipinski definition) is 4. The second-order valence-electron chi connectivity index (χ2n) is 4.91. The molecule has 1 unspecified atom stereocenters. The van der Waals surface area contributed by atoms with Gasteiger partial charge < -0.3 is 10.4 Å². The summed E-state index contributed by atoms with van der Waals surface area (Å²) in [6.07, 6.45) is 0. The summed E-state index contributed by atoms with van der Waals surface area (Å²) < 4.78 is 0. The topological polar surface area (TPSA) is 79.8 Å². The smallest absolute Gasteiger partial charge is 0.120 e. The van der Waals surface area contributed by atoms with E-state index in [4.69, 9.17) is 10.5 Å². The fourth-order valence-electron chi connectivity index (χ4n) is 2.17. The van der Waals surface area contributed by atoms with Crippen LogP contribution in [0, 0.1) is 29.6 Å². The van der Waals surface area contributed by atoms with E-state index in [9.17, 15) is 5.11 Å². The number of benzene rings is 2. The number of rotatable bonds is 3. The molecule has 0 bridgehead atoms. The van der Waals surface area contributed by atoms with Gasteiger partial charge in [0.1, 0.15) is 17.9 Å². The molecule has 4 nitrogen and oxygen atoms in total. The average Bonchev–Trinajstić information content (AvgIpc) is 2.49. The van der Waals surface area contributed by atoms with Gasteiger partial charge in [-0.15, -0.1) is 0 Å². The lowest BCUT2D eigenvalue weighted by atomic mass is 10.0. The third-order valence-electron chi connectivity index (χ3n) is 3.29. The molecule has 2 aromatic carbocycles. The lowest BCUT2D eigenvalue weighted by Gasteiger charge is -2.17.